The second-order valence-electron chi connectivity index (χ2n) is 6.62. The predicted octanol–water partition coefficient (Wildman–Crippen LogP) is 2.15. The zero-order valence-electron chi connectivity index (χ0n) is 15.6. The number of nitrogens with one attached hydrogen (secondary N) is 1. The second kappa shape index (κ2) is 7.99. The summed E-state index contributed by atoms with van der Waals surface area (Å²) in [5, 5.41) is 11.2. The van der Waals surface area contributed by atoms with E-state index in [1.54, 1.807) is 24.5 Å². The van der Waals surface area contributed by atoms with Crippen LogP contribution in [0.25, 0.3) is 0 Å². The third-order valence-electron chi connectivity index (χ3n) is 4.61. The van der Waals surface area contributed by atoms with Crippen molar-refractivity contribution in [2.45, 2.75) is 6.92 Å². The molecule has 1 saturated heterocycles. The van der Waals surface area contributed by atoms with Gasteiger partial charge < -0.3 is 15.1 Å². The molecule has 1 aliphatic rings. The molecule has 8 nitrogen and oxygen atoms in total. The lowest BCUT2D eigenvalue weighted by atomic mass is 10.1. The molecule has 2 aromatic heterocycles. The number of amides is 1. The molecule has 0 unspecified atom stereocenters. The Kier molecular flexibility index (Phi) is 5.09. The molecule has 4 rings (SSSR count). The first-order valence-corrected chi connectivity index (χ1v) is 9.18. The third kappa shape index (κ3) is 4.06. The van der Waals surface area contributed by atoms with Crippen molar-refractivity contribution < 1.29 is 4.79 Å². The summed E-state index contributed by atoms with van der Waals surface area (Å²) in [6.45, 7) is 5.20. The molecule has 3 heterocycles. The lowest BCUT2D eigenvalue weighted by molar-refractivity contribution is 0.102. The first-order chi connectivity index (χ1) is 13.7. The molecule has 1 fully saturated rings. The van der Waals surface area contributed by atoms with Crippen LogP contribution >= 0.6 is 0 Å². The van der Waals surface area contributed by atoms with Crippen LogP contribution in [-0.2, 0) is 0 Å². The van der Waals surface area contributed by atoms with Gasteiger partial charge in [0.2, 0.25) is 5.95 Å². The summed E-state index contributed by atoms with van der Waals surface area (Å²) < 4.78 is 0. The number of anilines is 3. The van der Waals surface area contributed by atoms with Crippen molar-refractivity contribution >= 4 is 23.5 Å². The number of aryl methyl sites for hydroxylation is 1. The molecule has 28 heavy (non-hydrogen) atoms. The van der Waals surface area contributed by atoms with E-state index in [0.717, 1.165) is 43.5 Å². The molecule has 0 atom stereocenters. The fourth-order valence-electron chi connectivity index (χ4n) is 3.13. The second-order valence-corrected chi connectivity index (χ2v) is 6.62. The summed E-state index contributed by atoms with van der Waals surface area (Å²) in [5.41, 5.74) is 1.64. The minimum atomic E-state index is -0.192. The molecule has 142 valence electrons. The molecule has 8 heteroatoms. The first-order valence-electron chi connectivity index (χ1n) is 9.18. The van der Waals surface area contributed by atoms with Crippen molar-refractivity contribution in [3.05, 3.63) is 66.0 Å². The van der Waals surface area contributed by atoms with Crippen molar-refractivity contribution in [3.63, 3.8) is 0 Å². The van der Waals surface area contributed by atoms with Crippen LogP contribution < -0.4 is 15.1 Å². The standard InChI is InChI=1S/C20H21N7O/c1-15-4-2-5-16(14-15)19(28)23-17-6-7-18(25-24-17)26-10-12-27(13-11-26)20-21-8-3-9-22-20/h2-9,14H,10-13H2,1H3,(H,23,24,28). The number of nitrogens with zero attached hydrogens (tertiary/aromatic N) is 6. The topological polar surface area (TPSA) is 87.1 Å². The van der Waals surface area contributed by atoms with E-state index in [-0.39, 0.29) is 5.91 Å². The van der Waals surface area contributed by atoms with E-state index >= 15 is 0 Å². The number of carbonyl (C=O) groups is 1. The maximum Gasteiger partial charge on any atom is 0.256 e. The highest BCUT2D eigenvalue weighted by Gasteiger charge is 2.20. The Labute approximate surface area is 163 Å². The van der Waals surface area contributed by atoms with E-state index in [9.17, 15) is 4.79 Å². The Balaban J connectivity index is 1.35. The third-order valence-corrected chi connectivity index (χ3v) is 4.61. The van der Waals surface area contributed by atoms with Crippen molar-refractivity contribution in [1.82, 2.24) is 20.2 Å². The van der Waals surface area contributed by atoms with Crippen LogP contribution in [0.4, 0.5) is 17.6 Å². The maximum atomic E-state index is 12.3. The van der Waals surface area contributed by atoms with Crippen molar-refractivity contribution in [2.24, 2.45) is 0 Å². The molecule has 1 aromatic carbocycles. The normalized spacial score (nSPS) is 14.0. The summed E-state index contributed by atoms with van der Waals surface area (Å²) in [4.78, 5) is 25.2. The van der Waals surface area contributed by atoms with Gasteiger partial charge in [-0.1, -0.05) is 17.7 Å². The molecular formula is C20H21N7O. The summed E-state index contributed by atoms with van der Waals surface area (Å²) in [6, 6.07) is 12.9. The van der Waals surface area contributed by atoms with E-state index in [1.807, 2.05) is 37.3 Å². The summed E-state index contributed by atoms with van der Waals surface area (Å²) in [5.74, 6) is 1.79. The highest BCUT2D eigenvalue weighted by Crippen LogP contribution is 2.17. The number of piperazine rings is 1. The highest BCUT2D eigenvalue weighted by molar-refractivity contribution is 6.03. The van der Waals surface area contributed by atoms with E-state index < -0.39 is 0 Å². The van der Waals surface area contributed by atoms with Crippen LogP contribution in [0.3, 0.4) is 0 Å². The number of hydrogen-bond donors (Lipinski definition) is 1. The van der Waals surface area contributed by atoms with Crippen LogP contribution in [0.5, 0.6) is 0 Å². The summed E-state index contributed by atoms with van der Waals surface area (Å²) in [6.07, 6.45) is 3.51. The molecule has 0 radical (unpaired) electrons. The van der Waals surface area contributed by atoms with Gasteiger partial charge in [-0.15, -0.1) is 10.2 Å². The zero-order valence-corrected chi connectivity index (χ0v) is 15.6. The van der Waals surface area contributed by atoms with E-state index in [0.29, 0.717) is 11.4 Å². The quantitative estimate of drug-likeness (QED) is 0.748. The van der Waals surface area contributed by atoms with E-state index in [4.69, 9.17) is 0 Å². The lowest BCUT2D eigenvalue weighted by Gasteiger charge is -2.35. The number of hydrogen-bond acceptors (Lipinski definition) is 7. The van der Waals surface area contributed by atoms with Crippen LogP contribution in [0.2, 0.25) is 0 Å². The van der Waals surface area contributed by atoms with Gasteiger partial charge in [-0.2, -0.15) is 0 Å². The summed E-state index contributed by atoms with van der Waals surface area (Å²) >= 11 is 0. The minimum absolute atomic E-state index is 0.192. The average Bonchev–Trinajstić information content (AvgIpc) is 2.75. The predicted molar refractivity (Wildman–Crippen MR) is 108 cm³/mol. The maximum absolute atomic E-state index is 12.3. The van der Waals surface area contributed by atoms with Gasteiger partial charge in [-0.25, -0.2) is 9.97 Å². The van der Waals surface area contributed by atoms with Crippen molar-refractivity contribution in [2.75, 3.05) is 41.3 Å². The van der Waals surface area contributed by atoms with Gasteiger partial charge in [-0.05, 0) is 37.3 Å². The number of rotatable bonds is 4. The Morgan fingerprint density at radius 3 is 2.36 bits per heavy atom. The molecule has 0 spiro atoms. The highest BCUT2D eigenvalue weighted by atomic mass is 16.1. The molecule has 1 aliphatic heterocycles. The van der Waals surface area contributed by atoms with Gasteiger partial charge in [0.05, 0.1) is 0 Å². The molecule has 0 bridgehead atoms. The fourth-order valence-corrected chi connectivity index (χ4v) is 3.13. The average molecular weight is 375 g/mol. The largest absolute Gasteiger partial charge is 0.352 e. The Morgan fingerprint density at radius 2 is 1.68 bits per heavy atom. The van der Waals surface area contributed by atoms with Gasteiger partial charge in [0.1, 0.15) is 0 Å². The van der Waals surface area contributed by atoms with Crippen LogP contribution in [0, 0.1) is 6.92 Å². The lowest BCUT2D eigenvalue weighted by Crippen LogP contribution is -2.47. The SMILES string of the molecule is Cc1cccc(C(=O)Nc2ccc(N3CCN(c4ncccn4)CC3)nn2)c1. The van der Waals surface area contributed by atoms with Crippen LogP contribution in [0.15, 0.2) is 54.9 Å². The first kappa shape index (κ1) is 17.8. The Morgan fingerprint density at radius 1 is 0.929 bits per heavy atom. The van der Waals surface area contributed by atoms with Crippen LogP contribution in [-0.4, -0.2) is 52.3 Å². The van der Waals surface area contributed by atoms with Crippen molar-refractivity contribution in [1.29, 1.82) is 0 Å². The van der Waals surface area contributed by atoms with Crippen LogP contribution in [0.1, 0.15) is 15.9 Å². The molecular weight excluding hydrogens is 354 g/mol. The number of benzene rings is 1. The van der Waals surface area contributed by atoms with Gasteiger partial charge >= 0.3 is 0 Å². The smallest absolute Gasteiger partial charge is 0.256 e. The summed E-state index contributed by atoms with van der Waals surface area (Å²) in [7, 11) is 0. The molecule has 1 N–H and O–H groups in total. The van der Waals surface area contributed by atoms with Gasteiger partial charge in [0.15, 0.2) is 11.6 Å². The zero-order chi connectivity index (χ0) is 19.3. The Bertz CT molecular complexity index is 938. The minimum Gasteiger partial charge on any atom is -0.352 e. The Hall–Kier alpha value is -3.55. The molecule has 0 saturated carbocycles. The molecule has 0 aliphatic carbocycles. The number of aromatic nitrogens is 4. The van der Waals surface area contributed by atoms with Gasteiger partial charge in [0.25, 0.3) is 5.91 Å². The van der Waals surface area contributed by atoms with Crippen molar-refractivity contribution in [3.8, 4) is 0 Å². The molecule has 1 amide bonds. The van der Waals surface area contributed by atoms with E-state index in [2.05, 4.69) is 35.3 Å². The number of carbonyl (C=O) groups excluding carboxylic acids is 1. The van der Waals surface area contributed by atoms with Gasteiger partial charge in [-0.3, -0.25) is 4.79 Å². The fraction of sp³-hybridized carbons (Fsp3) is 0.250. The molecule has 3 aromatic rings. The van der Waals surface area contributed by atoms with E-state index in [1.165, 1.54) is 0 Å². The monoisotopic (exact) mass is 375 g/mol. The van der Waals surface area contributed by atoms with Gasteiger partial charge in [0, 0.05) is 44.1 Å².